The third kappa shape index (κ3) is 2.78. The van der Waals surface area contributed by atoms with Crippen LogP contribution in [0.5, 0.6) is 0 Å². The summed E-state index contributed by atoms with van der Waals surface area (Å²) < 4.78 is 0. The molecule has 0 spiro atoms. The highest BCUT2D eigenvalue weighted by atomic mass is 15.2. The number of anilines is 1. The Morgan fingerprint density at radius 1 is 1.41 bits per heavy atom. The minimum atomic E-state index is 0.575. The predicted molar refractivity (Wildman–Crippen MR) is 72.1 cm³/mol. The number of nitrogens with two attached hydrogens (primary N) is 1. The molecule has 0 saturated carbocycles. The number of nitrogens with zero attached hydrogens (tertiary/aromatic N) is 2. The molecule has 0 atom stereocenters. The third-order valence-electron chi connectivity index (χ3n) is 3.83. The Morgan fingerprint density at radius 2 is 2.12 bits per heavy atom. The molecule has 0 radical (unpaired) electrons. The maximum Gasteiger partial charge on any atom is 0.131 e. The Morgan fingerprint density at radius 3 is 2.65 bits per heavy atom. The molecule has 0 aliphatic carbocycles. The number of aryl methyl sites for hydroxylation is 1. The fourth-order valence-electron chi connectivity index (χ4n) is 2.62. The molecule has 3 heteroatoms. The average molecular weight is 233 g/mol. The van der Waals surface area contributed by atoms with Crippen LogP contribution in [0, 0.1) is 12.8 Å². The molecule has 1 aromatic rings. The largest absolute Gasteiger partial charge is 0.356 e. The molecule has 94 valence electrons. The smallest absolute Gasteiger partial charge is 0.131 e. The van der Waals surface area contributed by atoms with Gasteiger partial charge in [0.2, 0.25) is 0 Å². The minimum absolute atomic E-state index is 0.575. The van der Waals surface area contributed by atoms with Gasteiger partial charge in [-0.1, -0.05) is 13.3 Å². The van der Waals surface area contributed by atoms with Gasteiger partial charge >= 0.3 is 0 Å². The molecule has 1 aromatic heterocycles. The summed E-state index contributed by atoms with van der Waals surface area (Å²) in [5, 5.41) is 0. The summed E-state index contributed by atoms with van der Waals surface area (Å²) in [6, 6.07) is 2.16. The van der Waals surface area contributed by atoms with Crippen LogP contribution in [-0.2, 0) is 6.54 Å². The lowest BCUT2D eigenvalue weighted by molar-refractivity contribution is 0.393. The quantitative estimate of drug-likeness (QED) is 0.872. The van der Waals surface area contributed by atoms with E-state index in [9.17, 15) is 0 Å². The first-order chi connectivity index (χ1) is 8.24. The molecule has 0 unspecified atom stereocenters. The Balaban J connectivity index is 2.08. The normalized spacial score (nSPS) is 17.5. The summed E-state index contributed by atoms with van der Waals surface area (Å²) >= 11 is 0. The van der Waals surface area contributed by atoms with E-state index in [2.05, 4.69) is 29.8 Å². The van der Waals surface area contributed by atoms with E-state index >= 15 is 0 Å². The molecule has 0 amide bonds. The van der Waals surface area contributed by atoms with Crippen molar-refractivity contribution in [2.75, 3.05) is 18.0 Å². The fourth-order valence-corrected chi connectivity index (χ4v) is 2.62. The van der Waals surface area contributed by atoms with Gasteiger partial charge in [0.1, 0.15) is 5.82 Å². The summed E-state index contributed by atoms with van der Waals surface area (Å²) in [5.74, 6) is 2.06. The fraction of sp³-hybridized carbons (Fsp3) is 0.643. The Kier molecular flexibility index (Phi) is 4.00. The van der Waals surface area contributed by atoms with Crippen molar-refractivity contribution in [1.82, 2.24) is 4.98 Å². The van der Waals surface area contributed by atoms with Gasteiger partial charge in [-0.25, -0.2) is 4.98 Å². The highest BCUT2D eigenvalue weighted by Gasteiger charge is 2.19. The topological polar surface area (TPSA) is 42.2 Å². The SMILES string of the molecule is CCC1CCN(c2ncc(CN)cc2C)CC1. The van der Waals surface area contributed by atoms with Crippen molar-refractivity contribution >= 4 is 5.82 Å². The van der Waals surface area contributed by atoms with Gasteiger partial charge < -0.3 is 10.6 Å². The van der Waals surface area contributed by atoms with Crippen molar-refractivity contribution in [3.63, 3.8) is 0 Å². The summed E-state index contributed by atoms with van der Waals surface area (Å²) in [6.07, 6.45) is 5.83. The van der Waals surface area contributed by atoms with Crippen molar-refractivity contribution in [2.24, 2.45) is 11.7 Å². The van der Waals surface area contributed by atoms with E-state index in [4.69, 9.17) is 5.73 Å². The maximum absolute atomic E-state index is 5.63. The molecule has 2 rings (SSSR count). The molecule has 0 aromatic carbocycles. The molecule has 1 aliphatic rings. The number of hydrogen-bond donors (Lipinski definition) is 1. The summed E-state index contributed by atoms with van der Waals surface area (Å²) in [4.78, 5) is 6.99. The van der Waals surface area contributed by atoms with Crippen LogP contribution in [0.1, 0.15) is 37.3 Å². The van der Waals surface area contributed by atoms with Crippen LogP contribution in [0.25, 0.3) is 0 Å². The second kappa shape index (κ2) is 5.50. The second-order valence-corrected chi connectivity index (χ2v) is 5.03. The number of aromatic nitrogens is 1. The van der Waals surface area contributed by atoms with Crippen molar-refractivity contribution in [3.05, 3.63) is 23.4 Å². The van der Waals surface area contributed by atoms with E-state index in [0.717, 1.165) is 30.4 Å². The van der Waals surface area contributed by atoms with Crippen molar-refractivity contribution in [2.45, 2.75) is 39.7 Å². The first-order valence-electron chi connectivity index (χ1n) is 6.65. The maximum atomic E-state index is 5.63. The molecule has 1 fully saturated rings. The highest BCUT2D eigenvalue weighted by Crippen LogP contribution is 2.25. The van der Waals surface area contributed by atoms with E-state index in [1.165, 1.54) is 24.8 Å². The number of pyridine rings is 1. The van der Waals surface area contributed by atoms with Crippen LogP contribution in [0.15, 0.2) is 12.3 Å². The van der Waals surface area contributed by atoms with Gasteiger partial charge in [0, 0.05) is 25.8 Å². The zero-order valence-corrected chi connectivity index (χ0v) is 10.9. The first-order valence-corrected chi connectivity index (χ1v) is 6.65. The second-order valence-electron chi connectivity index (χ2n) is 5.03. The van der Waals surface area contributed by atoms with Gasteiger partial charge in [-0.15, -0.1) is 0 Å². The molecular weight excluding hydrogens is 210 g/mol. The molecule has 1 saturated heterocycles. The summed E-state index contributed by atoms with van der Waals surface area (Å²) in [6.45, 7) is 7.29. The molecular formula is C14H23N3. The van der Waals surface area contributed by atoms with E-state index < -0.39 is 0 Å². The average Bonchev–Trinajstić information content (AvgIpc) is 2.39. The number of hydrogen-bond acceptors (Lipinski definition) is 3. The zero-order chi connectivity index (χ0) is 12.3. The Hall–Kier alpha value is -1.09. The zero-order valence-electron chi connectivity index (χ0n) is 10.9. The molecule has 2 N–H and O–H groups in total. The van der Waals surface area contributed by atoms with Crippen LogP contribution in [0.2, 0.25) is 0 Å². The van der Waals surface area contributed by atoms with Gasteiger partial charge in [-0.2, -0.15) is 0 Å². The molecule has 17 heavy (non-hydrogen) atoms. The van der Waals surface area contributed by atoms with Crippen LogP contribution < -0.4 is 10.6 Å². The third-order valence-corrected chi connectivity index (χ3v) is 3.83. The van der Waals surface area contributed by atoms with Gasteiger partial charge in [-0.05, 0) is 42.9 Å². The first kappa shape index (κ1) is 12.4. The molecule has 2 heterocycles. The Bertz CT molecular complexity index is 368. The van der Waals surface area contributed by atoms with Crippen LogP contribution in [0.4, 0.5) is 5.82 Å². The summed E-state index contributed by atoms with van der Waals surface area (Å²) in [7, 11) is 0. The number of rotatable bonds is 3. The Labute approximate surface area is 104 Å². The van der Waals surface area contributed by atoms with Gasteiger partial charge in [0.15, 0.2) is 0 Å². The van der Waals surface area contributed by atoms with E-state index in [0.29, 0.717) is 6.54 Å². The van der Waals surface area contributed by atoms with E-state index in [1.54, 1.807) is 0 Å². The molecule has 3 nitrogen and oxygen atoms in total. The molecule has 1 aliphatic heterocycles. The lowest BCUT2D eigenvalue weighted by atomic mass is 9.94. The molecule has 0 bridgehead atoms. The van der Waals surface area contributed by atoms with Gasteiger partial charge in [0.25, 0.3) is 0 Å². The monoisotopic (exact) mass is 233 g/mol. The van der Waals surface area contributed by atoms with Crippen LogP contribution >= 0.6 is 0 Å². The van der Waals surface area contributed by atoms with E-state index in [1.807, 2.05) is 6.20 Å². The van der Waals surface area contributed by atoms with E-state index in [-0.39, 0.29) is 0 Å². The predicted octanol–water partition coefficient (Wildman–Crippen LogP) is 2.48. The van der Waals surface area contributed by atoms with Crippen LogP contribution in [-0.4, -0.2) is 18.1 Å². The summed E-state index contributed by atoms with van der Waals surface area (Å²) in [5.41, 5.74) is 8.00. The standard InChI is InChI=1S/C14H23N3/c1-3-12-4-6-17(7-5-12)14-11(2)8-13(9-15)10-16-14/h8,10,12H,3-7,9,15H2,1-2H3. The highest BCUT2D eigenvalue weighted by molar-refractivity contribution is 5.47. The van der Waals surface area contributed by atoms with Crippen molar-refractivity contribution in [3.8, 4) is 0 Å². The minimum Gasteiger partial charge on any atom is -0.356 e. The van der Waals surface area contributed by atoms with Crippen LogP contribution in [0.3, 0.4) is 0 Å². The van der Waals surface area contributed by atoms with Gasteiger partial charge in [0.05, 0.1) is 0 Å². The number of piperidine rings is 1. The van der Waals surface area contributed by atoms with Gasteiger partial charge in [-0.3, -0.25) is 0 Å². The lowest BCUT2D eigenvalue weighted by Crippen LogP contribution is -2.34. The lowest BCUT2D eigenvalue weighted by Gasteiger charge is -2.33. The van der Waals surface area contributed by atoms with Crippen molar-refractivity contribution < 1.29 is 0 Å². The van der Waals surface area contributed by atoms with Crippen molar-refractivity contribution in [1.29, 1.82) is 0 Å².